The van der Waals surface area contributed by atoms with Gasteiger partial charge in [-0.15, -0.1) is 0 Å². The van der Waals surface area contributed by atoms with Crippen molar-refractivity contribution in [2.45, 2.75) is 27.2 Å². The highest BCUT2D eigenvalue weighted by Gasteiger charge is 2.08. The van der Waals surface area contributed by atoms with Crippen LogP contribution in [0, 0.1) is 13.8 Å². The van der Waals surface area contributed by atoms with E-state index in [9.17, 15) is 4.79 Å². The molecule has 1 N–H and O–H groups in total. The fraction of sp³-hybridized carbons (Fsp3) is 0.238. The lowest BCUT2D eigenvalue weighted by atomic mass is 10.1. The average molecular weight is 366 g/mol. The summed E-state index contributed by atoms with van der Waals surface area (Å²) in [6, 6.07) is 11.9. The molecule has 26 heavy (non-hydrogen) atoms. The Balaban J connectivity index is 1.65. The molecule has 0 atom stereocenters. The number of nitrogens with one attached hydrogen (secondary N) is 1. The normalized spacial score (nSPS) is 11.2. The van der Waals surface area contributed by atoms with Gasteiger partial charge in [0.05, 0.1) is 16.8 Å². The van der Waals surface area contributed by atoms with Crippen LogP contribution < -0.4 is 10.1 Å². The molecule has 0 spiro atoms. The summed E-state index contributed by atoms with van der Waals surface area (Å²) in [5.41, 5.74) is 4.21. The lowest BCUT2D eigenvalue weighted by Crippen LogP contribution is -2.07. The molecule has 0 aliphatic carbocycles. The summed E-state index contributed by atoms with van der Waals surface area (Å²) in [7, 11) is 0. The standard InChI is InChI=1S/C21H22N2O2S/c1-4-11-25-17-8-5-16(6-9-17)7-10-19(24)22-21-23-20-15(3)12-14(2)13-18(20)26-21/h5-10,12-13H,4,11H2,1-3H3,(H,22,23,24)/b10-7+. The van der Waals surface area contributed by atoms with E-state index in [1.54, 1.807) is 6.08 Å². The number of hydrogen-bond donors (Lipinski definition) is 1. The molecule has 0 saturated carbocycles. The van der Waals surface area contributed by atoms with Crippen LogP contribution in [0.1, 0.15) is 30.0 Å². The second kappa shape index (κ2) is 8.15. The minimum absolute atomic E-state index is 0.190. The van der Waals surface area contributed by atoms with Crippen molar-refractivity contribution in [3.8, 4) is 5.75 Å². The first-order valence-corrected chi connectivity index (χ1v) is 9.46. The van der Waals surface area contributed by atoms with E-state index >= 15 is 0 Å². The van der Waals surface area contributed by atoms with Crippen molar-refractivity contribution in [1.29, 1.82) is 0 Å². The molecule has 0 radical (unpaired) electrons. The topological polar surface area (TPSA) is 51.2 Å². The van der Waals surface area contributed by atoms with Crippen LogP contribution >= 0.6 is 11.3 Å². The first kappa shape index (κ1) is 18.1. The fourth-order valence-electron chi connectivity index (χ4n) is 2.64. The summed E-state index contributed by atoms with van der Waals surface area (Å²) in [5.74, 6) is 0.651. The zero-order valence-electron chi connectivity index (χ0n) is 15.2. The maximum absolute atomic E-state index is 12.2. The molecule has 0 aliphatic rings. The first-order valence-electron chi connectivity index (χ1n) is 8.65. The lowest BCUT2D eigenvalue weighted by molar-refractivity contribution is -0.111. The summed E-state index contributed by atoms with van der Waals surface area (Å²) >= 11 is 1.49. The summed E-state index contributed by atoms with van der Waals surface area (Å²) in [6.45, 7) is 6.88. The highest BCUT2D eigenvalue weighted by atomic mass is 32.1. The van der Waals surface area contributed by atoms with Crippen LogP contribution in [-0.4, -0.2) is 17.5 Å². The molecule has 0 unspecified atom stereocenters. The van der Waals surface area contributed by atoms with Gasteiger partial charge in [-0.25, -0.2) is 4.98 Å². The van der Waals surface area contributed by atoms with Gasteiger partial charge in [0.1, 0.15) is 5.75 Å². The second-order valence-electron chi connectivity index (χ2n) is 6.19. The molecule has 1 amide bonds. The SMILES string of the molecule is CCCOc1ccc(/C=C/C(=O)Nc2nc3c(C)cc(C)cc3s2)cc1. The van der Waals surface area contributed by atoms with Crippen LogP contribution in [0.4, 0.5) is 5.13 Å². The summed E-state index contributed by atoms with van der Waals surface area (Å²) < 4.78 is 6.64. The number of hydrogen-bond acceptors (Lipinski definition) is 4. The molecule has 0 fully saturated rings. The Morgan fingerprint density at radius 2 is 2.00 bits per heavy atom. The van der Waals surface area contributed by atoms with Gasteiger partial charge in [0.2, 0.25) is 5.91 Å². The van der Waals surface area contributed by atoms with E-state index < -0.39 is 0 Å². The predicted molar refractivity (Wildman–Crippen MR) is 109 cm³/mol. The average Bonchev–Trinajstić information content (AvgIpc) is 3.01. The van der Waals surface area contributed by atoms with Gasteiger partial charge in [0.15, 0.2) is 5.13 Å². The molecule has 0 bridgehead atoms. The number of carbonyl (C=O) groups is 1. The zero-order valence-corrected chi connectivity index (χ0v) is 16.0. The van der Waals surface area contributed by atoms with E-state index in [1.165, 1.54) is 23.0 Å². The molecule has 0 aliphatic heterocycles. The Morgan fingerprint density at radius 1 is 1.23 bits per heavy atom. The van der Waals surface area contributed by atoms with E-state index in [2.05, 4.69) is 36.3 Å². The monoisotopic (exact) mass is 366 g/mol. The van der Waals surface area contributed by atoms with Crippen molar-refractivity contribution in [3.63, 3.8) is 0 Å². The van der Waals surface area contributed by atoms with Gasteiger partial charge < -0.3 is 4.74 Å². The molecular weight excluding hydrogens is 344 g/mol. The number of aryl methyl sites for hydroxylation is 2. The minimum atomic E-state index is -0.190. The third-order valence-electron chi connectivity index (χ3n) is 3.84. The third kappa shape index (κ3) is 4.49. The van der Waals surface area contributed by atoms with Crippen molar-refractivity contribution in [3.05, 3.63) is 59.2 Å². The van der Waals surface area contributed by atoms with Crippen LogP contribution in [0.3, 0.4) is 0 Å². The van der Waals surface area contributed by atoms with Gasteiger partial charge in [-0.05, 0) is 61.2 Å². The molecule has 0 saturated heterocycles. The van der Waals surface area contributed by atoms with Crippen molar-refractivity contribution in [1.82, 2.24) is 4.98 Å². The van der Waals surface area contributed by atoms with Gasteiger partial charge in [-0.1, -0.05) is 36.5 Å². The summed E-state index contributed by atoms with van der Waals surface area (Å²) in [6.07, 6.45) is 4.28. The van der Waals surface area contributed by atoms with Gasteiger partial charge in [0, 0.05) is 6.08 Å². The number of benzene rings is 2. The number of fused-ring (bicyclic) bond motifs is 1. The molecule has 4 nitrogen and oxygen atoms in total. The number of carbonyl (C=O) groups excluding carboxylic acids is 1. The number of amides is 1. The molecule has 1 heterocycles. The Bertz CT molecular complexity index is 943. The molecule has 1 aromatic heterocycles. The zero-order chi connectivity index (χ0) is 18.5. The number of rotatable bonds is 6. The van der Waals surface area contributed by atoms with Gasteiger partial charge in [-0.3, -0.25) is 10.1 Å². The van der Waals surface area contributed by atoms with E-state index in [1.807, 2.05) is 31.2 Å². The van der Waals surface area contributed by atoms with E-state index in [0.717, 1.165) is 33.5 Å². The smallest absolute Gasteiger partial charge is 0.250 e. The number of aromatic nitrogens is 1. The Kier molecular flexibility index (Phi) is 5.68. The molecule has 134 valence electrons. The number of ether oxygens (including phenoxy) is 1. The van der Waals surface area contributed by atoms with Crippen molar-refractivity contribution in [2.75, 3.05) is 11.9 Å². The van der Waals surface area contributed by atoms with Crippen LogP contribution in [0.2, 0.25) is 0 Å². The highest BCUT2D eigenvalue weighted by molar-refractivity contribution is 7.22. The Morgan fingerprint density at radius 3 is 2.73 bits per heavy atom. The minimum Gasteiger partial charge on any atom is -0.494 e. The molecule has 2 aromatic carbocycles. The van der Waals surface area contributed by atoms with Gasteiger partial charge in [0.25, 0.3) is 0 Å². The summed E-state index contributed by atoms with van der Waals surface area (Å²) in [4.78, 5) is 16.7. The van der Waals surface area contributed by atoms with Crippen LogP contribution in [0.5, 0.6) is 5.75 Å². The van der Waals surface area contributed by atoms with Crippen molar-refractivity contribution >= 4 is 38.7 Å². The van der Waals surface area contributed by atoms with Gasteiger partial charge in [-0.2, -0.15) is 0 Å². The fourth-order valence-corrected chi connectivity index (χ4v) is 3.68. The van der Waals surface area contributed by atoms with Crippen molar-refractivity contribution < 1.29 is 9.53 Å². The van der Waals surface area contributed by atoms with E-state index in [4.69, 9.17) is 4.74 Å². The number of nitrogens with zero attached hydrogens (tertiary/aromatic N) is 1. The predicted octanol–water partition coefficient (Wildman–Crippen LogP) is 5.35. The quantitative estimate of drug-likeness (QED) is 0.598. The molecule has 3 aromatic rings. The molecule has 3 rings (SSSR count). The van der Waals surface area contributed by atoms with Crippen molar-refractivity contribution in [2.24, 2.45) is 0 Å². The van der Waals surface area contributed by atoms with E-state index in [0.29, 0.717) is 11.7 Å². The van der Waals surface area contributed by atoms with E-state index in [-0.39, 0.29) is 5.91 Å². The largest absolute Gasteiger partial charge is 0.494 e. The Hall–Kier alpha value is -2.66. The number of thiazole rings is 1. The number of anilines is 1. The van der Waals surface area contributed by atoms with Gasteiger partial charge >= 0.3 is 0 Å². The highest BCUT2D eigenvalue weighted by Crippen LogP contribution is 2.29. The van der Waals surface area contributed by atoms with Crippen LogP contribution in [0.15, 0.2) is 42.5 Å². The Labute approximate surface area is 157 Å². The molecular formula is C21H22N2O2S. The lowest BCUT2D eigenvalue weighted by Gasteiger charge is -2.03. The van der Waals surface area contributed by atoms with Crippen LogP contribution in [0.25, 0.3) is 16.3 Å². The first-order chi connectivity index (χ1) is 12.5. The molecule has 5 heteroatoms. The maximum Gasteiger partial charge on any atom is 0.250 e. The maximum atomic E-state index is 12.2. The third-order valence-corrected chi connectivity index (χ3v) is 4.76. The second-order valence-corrected chi connectivity index (χ2v) is 7.22. The summed E-state index contributed by atoms with van der Waals surface area (Å²) in [5, 5.41) is 3.46. The van der Waals surface area contributed by atoms with Crippen LogP contribution in [-0.2, 0) is 4.79 Å².